The topological polar surface area (TPSA) is 36.0 Å². The molecule has 0 aliphatic carbocycles. The number of benzene rings is 1. The van der Waals surface area contributed by atoms with Gasteiger partial charge in [-0.25, -0.2) is 4.39 Å². The van der Waals surface area contributed by atoms with Crippen molar-refractivity contribution >= 4 is 11.6 Å². The Labute approximate surface area is 85.0 Å². The fourth-order valence-electron chi connectivity index (χ4n) is 1.26. The Balaban J connectivity index is 2.53. The van der Waals surface area contributed by atoms with Gasteiger partial charge in [-0.1, -0.05) is 17.7 Å². The van der Waals surface area contributed by atoms with E-state index >= 15 is 0 Å². The summed E-state index contributed by atoms with van der Waals surface area (Å²) in [5, 5.41) is 9.43. The van der Waals surface area contributed by atoms with Crippen LogP contribution in [0.3, 0.4) is 0 Å². The molecule has 2 nitrogen and oxygen atoms in total. The second-order valence-electron chi connectivity index (χ2n) is 2.87. The molecule has 2 N–H and O–H groups in total. The molecule has 4 heteroatoms. The molecule has 0 saturated carbocycles. The third kappa shape index (κ3) is 1.46. The molecule has 1 aromatic carbocycles. The number of rotatable bonds is 1. The molecule has 1 aromatic heterocycles. The summed E-state index contributed by atoms with van der Waals surface area (Å²) in [4.78, 5) is 2.60. The second-order valence-corrected chi connectivity index (χ2v) is 3.28. The van der Waals surface area contributed by atoms with Crippen LogP contribution in [0.2, 0.25) is 5.02 Å². The molecule has 0 atom stereocenters. The van der Waals surface area contributed by atoms with Gasteiger partial charge in [0.25, 0.3) is 0 Å². The minimum Gasteiger partial charge on any atom is -0.494 e. The highest BCUT2D eigenvalue weighted by atomic mass is 35.5. The van der Waals surface area contributed by atoms with E-state index < -0.39 is 5.82 Å². The van der Waals surface area contributed by atoms with Crippen molar-refractivity contribution in [1.29, 1.82) is 0 Å². The summed E-state index contributed by atoms with van der Waals surface area (Å²) < 4.78 is 13.1. The van der Waals surface area contributed by atoms with Crippen LogP contribution in [0.1, 0.15) is 0 Å². The Hall–Kier alpha value is -1.48. The highest BCUT2D eigenvalue weighted by Crippen LogP contribution is 2.29. The first-order valence-electron chi connectivity index (χ1n) is 4.00. The van der Waals surface area contributed by atoms with Crippen molar-refractivity contribution in [3.8, 4) is 17.0 Å². The minimum atomic E-state index is -0.496. The second kappa shape index (κ2) is 3.35. The number of nitrogens with one attached hydrogen (secondary N) is 1. The maximum atomic E-state index is 13.1. The lowest BCUT2D eigenvalue weighted by Gasteiger charge is -2.00. The van der Waals surface area contributed by atoms with Crippen molar-refractivity contribution in [3.63, 3.8) is 0 Å². The van der Waals surface area contributed by atoms with Crippen LogP contribution in [0.5, 0.6) is 5.88 Å². The first-order valence-corrected chi connectivity index (χ1v) is 4.38. The van der Waals surface area contributed by atoms with Crippen LogP contribution < -0.4 is 0 Å². The lowest BCUT2D eigenvalue weighted by molar-refractivity contribution is 0.459. The molecule has 0 aliphatic heterocycles. The van der Waals surface area contributed by atoms with E-state index in [1.54, 1.807) is 18.3 Å². The van der Waals surface area contributed by atoms with E-state index in [1.165, 1.54) is 12.1 Å². The smallest absolute Gasteiger partial charge is 0.196 e. The Kier molecular flexibility index (Phi) is 2.17. The van der Waals surface area contributed by atoms with E-state index in [1.807, 2.05) is 0 Å². The Bertz CT molecular complexity index is 467. The van der Waals surface area contributed by atoms with Crippen LogP contribution in [0, 0.1) is 5.82 Å². The van der Waals surface area contributed by atoms with Gasteiger partial charge in [-0.15, -0.1) is 0 Å². The zero-order valence-electron chi connectivity index (χ0n) is 7.09. The summed E-state index contributed by atoms with van der Waals surface area (Å²) in [6, 6.07) is 6.05. The van der Waals surface area contributed by atoms with Gasteiger partial charge in [0.2, 0.25) is 0 Å². The number of halogens is 2. The van der Waals surface area contributed by atoms with Crippen molar-refractivity contribution in [2.24, 2.45) is 0 Å². The summed E-state index contributed by atoms with van der Waals surface area (Å²) >= 11 is 5.54. The zero-order chi connectivity index (χ0) is 10.1. The summed E-state index contributed by atoms with van der Waals surface area (Å²) in [5.74, 6) is -0.475. The van der Waals surface area contributed by atoms with Crippen LogP contribution in [0.15, 0.2) is 30.5 Å². The maximum Gasteiger partial charge on any atom is 0.196 e. The molecule has 0 saturated heterocycles. The molecular formula is C10H7ClFNO. The van der Waals surface area contributed by atoms with Crippen LogP contribution in [-0.4, -0.2) is 10.1 Å². The lowest BCUT2D eigenvalue weighted by atomic mass is 10.1. The molecule has 1 heterocycles. The molecule has 0 unspecified atom stereocenters. The predicted octanol–water partition coefficient (Wildman–Crippen LogP) is 3.18. The van der Waals surface area contributed by atoms with Gasteiger partial charge in [-0.2, -0.15) is 0 Å². The predicted molar refractivity (Wildman–Crippen MR) is 52.9 cm³/mol. The molecule has 0 spiro atoms. The maximum absolute atomic E-state index is 13.1. The Morgan fingerprint density at radius 2 is 2.07 bits per heavy atom. The van der Waals surface area contributed by atoms with Gasteiger partial charge in [-0.3, -0.25) is 0 Å². The van der Waals surface area contributed by atoms with E-state index in [2.05, 4.69) is 4.98 Å². The van der Waals surface area contributed by atoms with Gasteiger partial charge >= 0.3 is 0 Å². The molecule has 14 heavy (non-hydrogen) atoms. The standard InChI is InChI=1S/C10H7ClFNO/c11-8-2-1-6(5-9(8)12)7-3-4-13-10(7)14/h1-5,13-14H. The largest absolute Gasteiger partial charge is 0.494 e. The Morgan fingerprint density at radius 1 is 1.29 bits per heavy atom. The van der Waals surface area contributed by atoms with Gasteiger partial charge < -0.3 is 10.1 Å². The average Bonchev–Trinajstić information content (AvgIpc) is 2.57. The number of hydrogen-bond acceptors (Lipinski definition) is 1. The fourth-order valence-corrected chi connectivity index (χ4v) is 1.37. The third-order valence-corrected chi connectivity index (χ3v) is 2.26. The molecule has 2 rings (SSSR count). The number of hydrogen-bond donors (Lipinski definition) is 2. The molecular weight excluding hydrogens is 205 g/mol. The summed E-state index contributed by atoms with van der Waals surface area (Å²) in [7, 11) is 0. The van der Waals surface area contributed by atoms with Gasteiger partial charge in [-0.05, 0) is 23.8 Å². The van der Waals surface area contributed by atoms with E-state index in [9.17, 15) is 9.50 Å². The van der Waals surface area contributed by atoms with Crippen molar-refractivity contribution < 1.29 is 9.50 Å². The number of aromatic amines is 1. The van der Waals surface area contributed by atoms with E-state index in [4.69, 9.17) is 11.6 Å². The average molecular weight is 212 g/mol. The zero-order valence-corrected chi connectivity index (χ0v) is 7.85. The van der Waals surface area contributed by atoms with Crippen molar-refractivity contribution in [2.75, 3.05) is 0 Å². The quantitative estimate of drug-likeness (QED) is 0.747. The molecule has 0 amide bonds. The monoisotopic (exact) mass is 211 g/mol. The first kappa shape index (κ1) is 9.09. The highest BCUT2D eigenvalue weighted by molar-refractivity contribution is 6.30. The van der Waals surface area contributed by atoms with Crippen LogP contribution in [-0.2, 0) is 0 Å². The van der Waals surface area contributed by atoms with Crippen LogP contribution >= 0.6 is 11.6 Å². The summed E-state index contributed by atoms with van der Waals surface area (Å²) in [6.45, 7) is 0. The van der Waals surface area contributed by atoms with Gasteiger partial charge in [0.15, 0.2) is 5.88 Å². The van der Waals surface area contributed by atoms with E-state index in [0.717, 1.165) is 0 Å². The number of H-pyrrole nitrogens is 1. The molecule has 2 aromatic rings. The summed E-state index contributed by atoms with van der Waals surface area (Å²) in [6.07, 6.45) is 1.58. The fraction of sp³-hybridized carbons (Fsp3) is 0. The SMILES string of the molecule is Oc1[nH]ccc1-c1ccc(Cl)c(F)c1. The first-order chi connectivity index (χ1) is 6.68. The molecule has 0 aliphatic rings. The molecule has 0 fully saturated rings. The van der Waals surface area contributed by atoms with Gasteiger partial charge in [0.1, 0.15) is 5.82 Å². The number of aromatic hydroxyl groups is 1. The highest BCUT2D eigenvalue weighted by Gasteiger charge is 2.07. The molecule has 0 bridgehead atoms. The Morgan fingerprint density at radius 3 is 2.64 bits per heavy atom. The number of aromatic nitrogens is 1. The van der Waals surface area contributed by atoms with Gasteiger partial charge in [0.05, 0.1) is 5.02 Å². The van der Waals surface area contributed by atoms with Crippen molar-refractivity contribution in [3.05, 3.63) is 41.3 Å². The van der Waals surface area contributed by atoms with Crippen LogP contribution in [0.4, 0.5) is 4.39 Å². The molecule has 0 radical (unpaired) electrons. The van der Waals surface area contributed by atoms with Crippen LogP contribution in [0.25, 0.3) is 11.1 Å². The molecule has 72 valence electrons. The minimum absolute atomic E-state index is 0.0201. The van der Waals surface area contributed by atoms with Crippen molar-refractivity contribution in [2.45, 2.75) is 0 Å². The third-order valence-electron chi connectivity index (χ3n) is 1.96. The van der Waals surface area contributed by atoms with E-state index in [0.29, 0.717) is 11.1 Å². The summed E-state index contributed by atoms with van der Waals surface area (Å²) in [5.41, 5.74) is 1.14. The normalized spacial score (nSPS) is 10.4. The van der Waals surface area contributed by atoms with Gasteiger partial charge in [0, 0.05) is 11.8 Å². The van der Waals surface area contributed by atoms with Crippen molar-refractivity contribution in [1.82, 2.24) is 4.98 Å². The van der Waals surface area contributed by atoms with E-state index in [-0.39, 0.29) is 10.9 Å². The lowest BCUT2D eigenvalue weighted by Crippen LogP contribution is -1.80.